The van der Waals surface area contributed by atoms with Gasteiger partial charge in [0, 0.05) is 6.42 Å². The maximum absolute atomic E-state index is 12.6. The van der Waals surface area contributed by atoms with Crippen molar-refractivity contribution in [2.45, 2.75) is 111 Å². The van der Waals surface area contributed by atoms with Crippen molar-refractivity contribution in [2.24, 2.45) is 52.3 Å². The van der Waals surface area contributed by atoms with Gasteiger partial charge in [0.05, 0.1) is 23.7 Å². The molecule has 0 aromatic heterocycles. The number of carbonyl (C=O) groups excluding carboxylic acids is 2. The molecule has 0 heterocycles. The summed E-state index contributed by atoms with van der Waals surface area (Å²) in [5.41, 5.74) is 1.18. The van der Waals surface area contributed by atoms with Crippen molar-refractivity contribution in [3.63, 3.8) is 0 Å². The highest BCUT2D eigenvalue weighted by atomic mass is 16.7. The van der Waals surface area contributed by atoms with Crippen molar-refractivity contribution in [3.05, 3.63) is 35.4 Å². The van der Waals surface area contributed by atoms with Crippen molar-refractivity contribution >= 4 is 17.9 Å². The Bertz CT molecular complexity index is 1200. The van der Waals surface area contributed by atoms with Crippen LogP contribution in [0.2, 0.25) is 0 Å². The summed E-state index contributed by atoms with van der Waals surface area (Å²) in [6, 6.07) is 6.57. The number of hydrogen-bond acceptors (Lipinski definition) is 7. The van der Waals surface area contributed by atoms with Crippen molar-refractivity contribution in [2.75, 3.05) is 6.79 Å². The molecular weight excluding hydrogens is 560 g/mol. The summed E-state index contributed by atoms with van der Waals surface area (Å²) < 4.78 is 10.4. The molecule has 5 rings (SSSR count). The number of fused-ring (bicyclic) bond motifs is 5. The van der Waals surface area contributed by atoms with E-state index in [2.05, 4.69) is 20.8 Å². The van der Waals surface area contributed by atoms with Crippen LogP contribution in [0.25, 0.3) is 0 Å². The Morgan fingerprint density at radius 2 is 1.66 bits per heavy atom. The van der Waals surface area contributed by atoms with E-state index in [-0.39, 0.29) is 35.4 Å². The van der Waals surface area contributed by atoms with E-state index in [1.54, 1.807) is 31.2 Å². The molecule has 0 bridgehead atoms. The predicted molar refractivity (Wildman–Crippen MR) is 164 cm³/mol. The van der Waals surface area contributed by atoms with Gasteiger partial charge in [-0.1, -0.05) is 39.8 Å². The van der Waals surface area contributed by atoms with E-state index >= 15 is 0 Å². The van der Waals surface area contributed by atoms with E-state index in [9.17, 15) is 24.6 Å². The highest BCUT2D eigenvalue weighted by Crippen LogP contribution is 2.68. The maximum Gasteiger partial charge on any atom is 0.340 e. The van der Waals surface area contributed by atoms with Crippen LogP contribution in [0.1, 0.15) is 108 Å². The third kappa shape index (κ3) is 6.31. The predicted octanol–water partition coefficient (Wildman–Crippen LogP) is 6.01. The number of hydrogen-bond donors (Lipinski definition) is 3. The van der Waals surface area contributed by atoms with Gasteiger partial charge in [0.25, 0.3) is 0 Å². The van der Waals surface area contributed by atoms with E-state index in [0.29, 0.717) is 48.0 Å². The van der Waals surface area contributed by atoms with Crippen LogP contribution in [0.3, 0.4) is 0 Å². The zero-order valence-corrected chi connectivity index (χ0v) is 26.9. The first-order valence-electron chi connectivity index (χ1n) is 16.8. The second-order valence-electron chi connectivity index (χ2n) is 15.1. The van der Waals surface area contributed by atoms with Gasteiger partial charge in [0.2, 0.25) is 6.79 Å². The van der Waals surface area contributed by atoms with E-state index in [1.165, 1.54) is 12.8 Å². The smallest absolute Gasteiger partial charge is 0.340 e. The first-order valence-corrected chi connectivity index (χ1v) is 16.8. The summed E-state index contributed by atoms with van der Waals surface area (Å²) in [6.45, 7) is 8.13. The van der Waals surface area contributed by atoms with Gasteiger partial charge >= 0.3 is 17.9 Å². The molecule has 44 heavy (non-hydrogen) atoms. The molecule has 0 radical (unpaired) electrons. The summed E-state index contributed by atoms with van der Waals surface area (Å²) in [5.74, 6) is 0.398. The fraction of sp³-hybridized carbons (Fsp3) is 0.750. The molecule has 244 valence electrons. The minimum Gasteiger partial charge on any atom is -0.481 e. The minimum atomic E-state index is -0.870. The number of rotatable bonds is 10. The first kappa shape index (κ1) is 32.9. The summed E-state index contributed by atoms with van der Waals surface area (Å²) >= 11 is 0. The van der Waals surface area contributed by atoms with Crippen molar-refractivity contribution in [1.29, 1.82) is 0 Å². The fourth-order valence-electron chi connectivity index (χ4n) is 10.2. The molecule has 8 heteroatoms. The monoisotopic (exact) mass is 612 g/mol. The van der Waals surface area contributed by atoms with Gasteiger partial charge in [-0.05, 0) is 128 Å². The number of carboxylic acid groups (broad SMARTS) is 1. The van der Waals surface area contributed by atoms with Crippen LogP contribution in [-0.4, -0.2) is 52.2 Å². The molecule has 0 spiro atoms. The number of aliphatic hydroxyl groups excluding tert-OH is 2. The summed E-state index contributed by atoms with van der Waals surface area (Å²) in [4.78, 5) is 36.0. The molecule has 4 fully saturated rings. The zero-order chi connectivity index (χ0) is 31.8. The average Bonchev–Trinajstić information content (AvgIpc) is 3.35. The van der Waals surface area contributed by atoms with Crippen molar-refractivity contribution < 1.29 is 39.2 Å². The maximum atomic E-state index is 12.6. The quantitative estimate of drug-likeness (QED) is 0.216. The lowest BCUT2D eigenvalue weighted by Gasteiger charge is -2.62. The Hall–Kier alpha value is -2.45. The normalized spacial score (nSPS) is 37.5. The van der Waals surface area contributed by atoms with Crippen LogP contribution in [0.4, 0.5) is 0 Å². The van der Waals surface area contributed by atoms with Crippen LogP contribution in [0.15, 0.2) is 24.3 Å². The molecule has 11 atom stereocenters. The zero-order valence-electron chi connectivity index (χ0n) is 26.9. The Morgan fingerprint density at radius 1 is 0.932 bits per heavy atom. The molecule has 1 aromatic carbocycles. The number of esters is 2. The van der Waals surface area contributed by atoms with E-state index in [4.69, 9.17) is 14.6 Å². The molecule has 4 aliphatic rings. The number of benzene rings is 1. The summed E-state index contributed by atoms with van der Waals surface area (Å²) in [6.07, 6.45) is 9.03. The highest BCUT2D eigenvalue weighted by molar-refractivity contribution is 5.89. The average molecular weight is 613 g/mol. The highest BCUT2D eigenvalue weighted by Gasteiger charge is 2.63. The minimum absolute atomic E-state index is 0.154. The second kappa shape index (κ2) is 13.1. The third-order valence-corrected chi connectivity index (χ3v) is 12.9. The molecule has 0 amide bonds. The Kier molecular flexibility index (Phi) is 9.81. The van der Waals surface area contributed by atoms with Gasteiger partial charge in [-0.15, -0.1) is 0 Å². The van der Waals surface area contributed by atoms with Gasteiger partial charge < -0.3 is 24.8 Å². The molecule has 3 N–H and O–H groups in total. The number of carboxylic acids is 1. The molecule has 0 aliphatic heterocycles. The Balaban J connectivity index is 1.09. The van der Waals surface area contributed by atoms with Crippen molar-refractivity contribution in [3.8, 4) is 0 Å². The van der Waals surface area contributed by atoms with Gasteiger partial charge in [0.1, 0.15) is 0 Å². The van der Waals surface area contributed by atoms with Crippen LogP contribution in [0, 0.1) is 52.3 Å². The standard InChI is InChI=1S/C36H52O8/c1-21(5-14-32(39)43-20-44-34(42)24-8-6-23(7-9-24)17-22(2)33(40)41)28-12-13-29-27-11-10-25-18-26(37)15-16-35(25,3)30(27)19-31(38)36(28,29)4/h6-9,21-22,25-31,37-38H,5,10-20H2,1-4H3,(H,40,41)/t21-,22?,25-,26-,27?,28?,29?,30?,31+,35+,36-/m1/s1. The van der Waals surface area contributed by atoms with Crippen LogP contribution >= 0.6 is 0 Å². The Labute approximate surface area is 261 Å². The molecule has 1 aromatic rings. The lowest BCUT2D eigenvalue weighted by Crippen LogP contribution is -2.58. The van der Waals surface area contributed by atoms with Crippen molar-refractivity contribution in [1.82, 2.24) is 0 Å². The lowest BCUT2D eigenvalue weighted by molar-refractivity contribution is -0.175. The largest absolute Gasteiger partial charge is 0.481 e. The molecule has 8 nitrogen and oxygen atoms in total. The number of carbonyl (C=O) groups is 3. The molecule has 4 aliphatic carbocycles. The number of aliphatic carboxylic acids is 1. The van der Waals surface area contributed by atoms with Crippen LogP contribution in [-0.2, 0) is 25.5 Å². The molecule has 0 saturated heterocycles. The number of aliphatic hydroxyl groups is 2. The third-order valence-electron chi connectivity index (χ3n) is 12.9. The Morgan fingerprint density at radius 3 is 2.36 bits per heavy atom. The lowest BCUT2D eigenvalue weighted by atomic mass is 9.43. The topological polar surface area (TPSA) is 130 Å². The van der Waals surface area contributed by atoms with Gasteiger partial charge in [-0.25, -0.2) is 4.79 Å². The van der Waals surface area contributed by atoms with E-state index in [0.717, 1.165) is 44.1 Å². The summed E-state index contributed by atoms with van der Waals surface area (Å²) in [7, 11) is 0. The first-order chi connectivity index (χ1) is 20.8. The van der Waals surface area contributed by atoms with Crippen LogP contribution < -0.4 is 0 Å². The molecular formula is C36H52O8. The number of ether oxygens (including phenoxy) is 2. The van der Waals surface area contributed by atoms with Gasteiger partial charge in [-0.2, -0.15) is 0 Å². The molecule has 4 saturated carbocycles. The fourth-order valence-corrected chi connectivity index (χ4v) is 10.2. The SMILES string of the molecule is CC(Cc1ccc(C(=O)OCOC(=O)CC[C@@H](C)C2CCC3C4CC[C@@H]5C[C@H](O)CC[C@]5(C)C4C[C@H](O)[C@@]32C)cc1)C(=O)O. The van der Waals surface area contributed by atoms with E-state index in [1.807, 2.05) is 0 Å². The summed E-state index contributed by atoms with van der Waals surface area (Å²) in [5, 5.41) is 31.2. The van der Waals surface area contributed by atoms with Gasteiger partial charge in [-0.3, -0.25) is 9.59 Å². The van der Waals surface area contributed by atoms with E-state index < -0.39 is 30.6 Å². The molecule has 5 unspecified atom stereocenters. The van der Waals surface area contributed by atoms with Crippen LogP contribution in [0.5, 0.6) is 0 Å². The second-order valence-corrected chi connectivity index (χ2v) is 15.1. The van der Waals surface area contributed by atoms with Gasteiger partial charge in [0.15, 0.2) is 0 Å².